The van der Waals surface area contributed by atoms with E-state index in [1.807, 2.05) is 6.08 Å². The van der Waals surface area contributed by atoms with Crippen LogP contribution in [0.1, 0.15) is 64.7 Å². The van der Waals surface area contributed by atoms with E-state index in [0.29, 0.717) is 6.42 Å². The number of hydrogen-bond donors (Lipinski definition) is 0. The number of ether oxygens (including phenoxy) is 1. The Bertz CT molecular complexity index is 445. The Labute approximate surface area is 129 Å². The van der Waals surface area contributed by atoms with E-state index in [-0.39, 0.29) is 5.97 Å². The molecule has 0 aromatic rings. The van der Waals surface area contributed by atoms with Gasteiger partial charge in [-0.25, -0.2) is 0 Å². The summed E-state index contributed by atoms with van der Waals surface area (Å²) < 4.78 is 4.59. The van der Waals surface area contributed by atoms with Crippen molar-refractivity contribution in [2.24, 2.45) is 0 Å². The van der Waals surface area contributed by atoms with E-state index in [0.717, 1.165) is 38.5 Å². The van der Waals surface area contributed by atoms with Crippen LogP contribution < -0.4 is 0 Å². The van der Waals surface area contributed by atoms with Gasteiger partial charge in [0.1, 0.15) is 0 Å². The zero-order valence-corrected chi connectivity index (χ0v) is 13.3. The van der Waals surface area contributed by atoms with Crippen LogP contribution in [0.25, 0.3) is 0 Å². The zero-order chi connectivity index (χ0) is 15.6. The van der Waals surface area contributed by atoms with Crippen LogP contribution in [0.5, 0.6) is 0 Å². The van der Waals surface area contributed by atoms with Crippen LogP contribution in [0.15, 0.2) is 17.9 Å². The van der Waals surface area contributed by atoms with Gasteiger partial charge in [-0.05, 0) is 43.6 Å². The Morgan fingerprint density at radius 1 is 1.10 bits per heavy atom. The summed E-state index contributed by atoms with van der Waals surface area (Å²) in [6.45, 7) is 2.10. The third kappa shape index (κ3) is 16.1. The Kier molecular flexibility index (Phi) is 14.7. The third-order valence-corrected chi connectivity index (χ3v) is 2.83. The van der Waals surface area contributed by atoms with Gasteiger partial charge in [0, 0.05) is 18.9 Å². The van der Waals surface area contributed by atoms with Crippen LogP contribution in [0.4, 0.5) is 0 Å². The van der Waals surface area contributed by atoms with Gasteiger partial charge in [0.15, 0.2) is 0 Å². The molecule has 0 spiro atoms. The zero-order valence-electron chi connectivity index (χ0n) is 13.3. The van der Waals surface area contributed by atoms with Crippen molar-refractivity contribution in [1.29, 1.82) is 0 Å². The Morgan fingerprint density at radius 3 is 2.62 bits per heavy atom. The molecule has 0 rings (SSSR count). The summed E-state index contributed by atoms with van der Waals surface area (Å²) in [5, 5.41) is 0. The van der Waals surface area contributed by atoms with Crippen LogP contribution in [0.2, 0.25) is 0 Å². The molecule has 0 bridgehead atoms. The molecule has 0 aliphatic carbocycles. The molecule has 0 aliphatic rings. The van der Waals surface area contributed by atoms with Crippen LogP contribution in [-0.4, -0.2) is 13.1 Å². The van der Waals surface area contributed by atoms with E-state index in [2.05, 4.69) is 41.1 Å². The van der Waals surface area contributed by atoms with Crippen molar-refractivity contribution in [2.75, 3.05) is 7.11 Å². The first-order valence-electron chi connectivity index (χ1n) is 7.75. The highest BCUT2D eigenvalue weighted by Gasteiger charge is 1.98. The minimum absolute atomic E-state index is 0.108. The van der Waals surface area contributed by atoms with E-state index in [4.69, 9.17) is 0 Å². The van der Waals surface area contributed by atoms with E-state index in [9.17, 15) is 4.79 Å². The predicted molar refractivity (Wildman–Crippen MR) is 87.4 cm³/mol. The van der Waals surface area contributed by atoms with Crippen molar-refractivity contribution in [2.45, 2.75) is 64.7 Å². The summed E-state index contributed by atoms with van der Waals surface area (Å²) in [6, 6.07) is 0. The highest BCUT2D eigenvalue weighted by Crippen LogP contribution is 2.07. The topological polar surface area (TPSA) is 26.3 Å². The molecule has 0 saturated heterocycles. The quantitative estimate of drug-likeness (QED) is 0.272. The largest absolute Gasteiger partial charge is 0.469 e. The van der Waals surface area contributed by atoms with Gasteiger partial charge in [-0.3, -0.25) is 4.79 Å². The van der Waals surface area contributed by atoms with Crippen molar-refractivity contribution in [1.82, 2.24) is 0 Å². The lowest BCUT2D eigenvalue weighted by atomic mass is 10.1. The lowest BCUT2D eigenvalue weighted by molar-refractivity contribution is -0.140. The van der Waals surface area contributed by atoms with E-state index >= 15 is 0 Å². The highest BCUT2D eigenvalue weighted by molar-refractivity contribution is 5.68. The fourth-order valence-corrected chi connectivity index (χ4v) is 1.64. The number of carbonyl (C=O) groups is 1. The first-order chi connectivity index (χ1) is 10.3. The van der Waals surface area contributed by atoms with Crippen molar-refractivity contribution < 1.29 is 9.53 Å². The van der Waals surface area contributed by atoms with E-state index in [1.165, 1.54) is 20.0 Å². The first-order valence-corrected chi connectivity index (χ1v) is 7.75. The smallest absolute Gasteiger partial charge is 0.305 e. The summed E-state index contributed by atoms with van der Waals surface area (Å²) in [5.41, 5.74) is 3.05. The number of rotatable bonds is 9. The van der Waals surface area contributed by atoms with Crippen molar-refractivity contribution in [3.05, 3.63) is 17.9 Å². The van der Waals surface area contributed by atoms with E-state index < -0.39 is 0 Å². The van der Waals surface area contributed by atoms with Gasteiger partial charge >= 0.3 is 5.97 Å². The second-order valence-corrected chi connectivity index (χ2v) is 4.72. The van der Waals surface area contributed by atoms with Gasteiger partial charge in [-0.2, -0.15) is 0 Å². The monoisotopic (exact) mass is 286 g/mol. The molecule has 0 unspecified atom stereocenters. The molecule has 0 heterocycles. The van der Waals surface area contributed by atoms with Crippen LogP contribution >= 0.6 is 0 Å². The second kappa shape index (κ2) is 16.2. The van der Waals surface area contributed by atoms with E-state index in [1.54, 1.807) is 6.08 Å². The average molecular weight is 286 g/mol. The van der Waals surface area contributed by atoms with Gasteiger partial charge in [0.2, 0.25) is 0 Å². The Hall–Kier alpha value is -1.89. The number of unbranched alkanes of at least 4 members (excludes halogenated alkanes) is 6. The molecule has 0 saturated carbocycles. The molecule has 2 heteroatoms. The highest BCUT2D eigenvalue weighted by atomic mass is 16.5. The minimum atomic E-state index is -0.108. The standard InChI is InChI=1S/C19H26O2/c1-3-4-5-6-7-8-9-10-11-12-13-14-15-16-17-18-19(20)21-2/h9,11H,3-4,12-18H2,1-2H3. The molecule has 0 fully saturated rings. The Balaban J connectivity index is 3.48. The number of hydrogen-bond acceptors (Lipinski definition) is 2. The molecule has 0 aliphatic heterocycles. The number of methoxy groups -OCH3 is 1. The number of allylic oxidation sites excluding steroid dienone is 1. The molecule has 2 nitrogen and oxygen atoms in total. The van der Waals surface area contributed by atoms with Crippen molar-refractivity contribution >= 4 is 5.97 Å². The average Bonchev–Trinajstić information content (AvgIpc) is 2.50. The summed E-state index contributed by atoms with van der Waals surface area (Å²) in [7, 11) is 1.43. The molecular weight excluding hydrogens is 260 g/mol. The normalized spacial score (nSPS) is 8.48. The fraction of sp³-hybridized carbons (Fsp3) is 0.579. The molecule has 114 valence electrons. The molecule has 0 radical (unpaired) electrons. The molecule has 0 aromatic carbocycles. The molecule has 0 amide bonds. The fourth-order valence-electron chi connectivity index (χ4n) is 1.64. The van der Waals surface area contributed by atoms with Crippen molar-refractivity contribution in [3.8, 4) is 23.7 Å². The molecule has 0 aromatic heterocycles. The first kappa shape index (κ1) is 19.1. The van der Waals surface area contributed by atoms with Crippen LogP contribution in [-0.2, 0) is 9.53 Å². The number of esters is 1. The van der Waals surface area contributed by atoms with Crippen LogP contribution in [0.3, 0.4) is 0 Å². The molecule has 0 N–H and O–H groups in total. The van der Waals surface area contributed by atoms with Gasteiger partial charge in [0.25, 0.3) is 0 Å². The second-order valence-electron chi connectivity index (χ2n) is 4.72. The molecule has 21 heavy (non-hydrogen) atoms. The summed E-state index contributed by atoms with van der Waals surface area (Å²) in [4.78, 5) is 10.9. The maximum absolute atomic E-state index is 10.9. The summed E-state index contributed by atoms with van der Waals surface area (Å²) in [6.07, 6.45) is 12.8. The SMILES string of the molecule is CCCC#CC#CC=C=CCCCCCCCC(=O)OC. The lowest BCUT2D eigenvalue weighted by Crippen LogP contribution is -1.98. The summed E-state index contributed by atoms with van der Waals surface area (Å²) in [5.74, 6) is 11.3. The summed E-state index contributed by atoms with van der Waals surface area (Å²) >= 11 is 0. The minimum Gasteiger partial charge on any atom is -0.469 e. The number of carbonyl (C=O) groups excluding carboxylic acids is 1. The predicted octanol–water partition coefficient (Wildman–Crippen LogP) is 4.41. The van der Waals surface area contributed by atoms with Gasteiger partial charge < -0.3 is 4.74 Å². The lowest BCUT2D eigenvalue weighted by Gasteiger charge is -1.99. The third-order valence-electron chi connectivity index (χ3n) is 2.83. The molecular formula is C19H26O2. The molecule has 0 atom stereocenters. The maximum atomic E-state index is 10.9. The Morgan fingerprint density at radius 2 is 1.86 bits per heavy atom. The van der Waals surface area contributed by atoms with Gasteiger partial charge in [-0.1, -0.05) is 38.0 Å². The van der Waals surface area contributed by atoms with Crippen LogP contribution in [0, 0.1) is 23.7 Å². The van der Waals surface area contributed by atoms with Gasteiger partial charge in [-0.15, -0.1) is 5.73 Å². The maximum Gasteiger partial charge on any atom is 0.305 e. The van der Waals surface area contributed by atoms with Crippen molar-refractivity contribution in [3.63, 3.8) is 0 Å². The van der Waals surface area contributed by atoms with Gasteiger partial charge in [0.05, 0.1) is 7.11 Å².